The quantitative estimate of drug-likeness (QED) is 0.354. The number of ether oxygens (including phenoxy) is 1. The van der Waals surface area contributed by atoms with E-state index in [0.717, 1.165) is 23.1 Å². The second kappa shape index (κ2) is 11.0. The van der Waals surface area contributed by atoms with Gasteiger partial charge in [-0.1, -0.05) is 42.5 Å². The van der Waals surface area contributed by atoms with Gasteiger partial charge in [0, 0.05) is 11.3 Å². The SMILES string of the molecule is COC(=O)C(CCc1ccccc1)NC(=O)c1ccc(N)c(CCc2ccc(O)cc2)c1. The minimum Gasteiger partial charge on any atom is -0.508 e. The molecule has 3 aromatic carbocycles. The van der Waals surface area contributed by atoms with Crippen LogP contribution in [-0.2, 0) is 28.8 Å². The molecule has 0 heterocycles. The standard InChI is InChI=1S/C26H28N2O4/c1-32-26(31)24(16-10-18-5-3-2-4-6-18)28-25(30)21-12-15-23(27)20(17-21)11-7-19-8-13-22(29)14-9-19/h2-6,8-9,12-15,17,24,29H,7,10-11,16,27H2,1H3,(H,28,30). The Labute approximate surface area is 188 Å². The molecule has 6 nitrogen and oxygen atoms in total. The Morgan fingerprint density at radius 1 is 0.938 bits per heavy atom. The molecular formula is C26H28N2O4. The number of rotatable bonds is 9. The van der Waals surface area contributed by atoms with Crippen molar-refractivity contribution in [2.45, 2.75) is 31.7 Å². The summed E-state index contributed by atoms with van der Waals surface area (Å²) >= 11 is 0. The lowest BCUT2D eigenvalue weighted by molar-refractivity contribution is -0.143. The molecule has 0 spiro atoms. The first kappa shape index (κ1) is 22.9. The number of nitrogens with two attached hydrogens (primary N) is 1. The highest BCUT2D eigenvalue weighted by atomic mass is 16.5. The number of nitrogen functional groups attached to an aromatic ring is 1. The van der Waals surface area contributed by atoms with E-state index < -0.39 is 12.0 Å². The maximum atomic E-state index is 12.9. The van der Waals surface area contributed by atoms with Crippen LogP contribution in [-0.4, -0.2) is 30.1 Å². The van der Waals surface area contributed by atoms with Crippen molar-refractivity contribution in [2.75, 3.05) is 12.8 Å². The number of phenolic OH excluding ortho intramolecular Hbond substituents is 1. The van der Waals surface area contributed by atoms with E-state index in [0.29, 0.717) is 30.5 Å². The molecule has 3 rings (SSSR count). The number of phenols is 1. The van der Waals surface area contributed by atoms with Crippen molar-refractivity contribution in [2.24, 2.45) is 0 Å². The van der Waals surface area contributed by atoms with E-state index in [1.807, 2.05) is 42.5 Å². The molecule has 0 aliphatic heterocycles. The predicted octanol–water partition coefficient (Wildman–Crippen LogP) is 3.66. The van der Waals surface area contributed by atoms with Gasteiger partial charge >= 0.3 is 5.97 Å². The number of esters is 1. The zero-order valence-corrected chi connectivity index (χ0v) is 18.1. The van der Waals surface area contributed by atoms with Crippen LogP contribution in [0.3, 0.4) is 0 Å². The fourth-order valence-corrected chi connectivity index (χ4v) is 3.49. The Morgan fingerprint density at radius 2 is 1.62 bits per heavy atom. The Hall–Kier alpha value is -3.80. The first-order chi connectivity index (χ1) is 15.5. The van der Waals surface area contributed by atoms with Gasteiger partial charge in [0.25, 0.3) is 5.91 Å². The molecule has 0 bridgehead atoms. The van der Waals surface area contributed by atoms with Gasteiger partial charge in [0.1, 0.15) is 11.8 Å². The lowest BCUT2D eigenvalue weighted by Gasteiger charge is -2.17. The number of carbonyl (C=O) groups is 2. The summed E-state index contributed by atoms with van der Waals surface area (Å²) < 4.78 is 4.88. The molecule has 0 aromatic heterocycles. The molecule has 0 aliphatic carbocycles. The van der Waals surface area contributed by atoms with Crippen molar-refractivity contribution < 1.29 is 19.4 Å². The molecule has 0 saturated carbocycles. The van der Waals surface area contributed by atoms with Crippen molar-refractivity contribution in [3.63, 3.8) is 0 Å². The summed E-state index contributed by atoms with van der Waals surface area (Å²) in [6.45, 7) is 0. The molecule has 3 aromatic rings. The molecule has 1 atom stereocenters. The Kier molecular flexibility index (Phi) is 7.86. The van der Waals surface area contributed by atoms with Crippen molar-refractivity contribution in [3.05, 3.63) is 95.1 Å². The van der Waals surface area contributed by atoms with Gasteiger partial charge in [0.15, 0.2) is 0 Å². The van der Waals surface area contributed by atoms with Crippen molar-refractivity contribution in [1.82, 2.24) is 5.32 Å². The number of anilines is 1. The van der Waals surface area contributed by atoms with Crippen LogP contribution in [0.1, 0.15) is 33.5 Å². The Morgan fingerprint density at radius 3 is 2.31 bits per heavy atom. The fourth-order valence-electron chi connectivity index (χ4n) is 3.49. The van der Waals surface area contributed by atoms with Gasteiger partial charge < -0.3 is 20.9 Å². The lowest BCUT2D eigenvalue weighted by Crippen LogP contribution is -2.41. The fraction of sp³-hybridized carbons (Fsp3) is 0.231. The number of aryl methyl sites for hydroxylation is 3. The zero-order chi connectivity index (χ0) is 22.9. The maximum Gasteiger partial charge on any atom is 0.328 e. The number of nitrogens with one attached hydrogen (secondary N) is 1. The minimum absolute atomic E-state index is 0.222. The number of carbonyl (C=O) groups excluding carboxylic acids is 2. The molecule has 4 N–H and O–H groups in total. The van der Waals surface area contributed by atoms with Gasteiger partial charge in [-0.25, -0.2) is 4.79 Å². The number of hydrogen-bond acceptors (Lipinski definition) is 5. The van der Waals surface area contributed by atoms with Crippen LogP contribution in [0.5, 0.6) is 5.75 Å². The maximum absolute atomic E-state index is 12.9. The average molecular weight is 433 g/mol. The molecule has 0 saturated heterocycles. The van der Waals surface area contributed by atoms with E-state index in [1.54, 1.807) is 30.3 Å². The molecule has 0 radical (unpaired) electrons. The third-order valence-electron chi connectivity index (χ3n) is 5.38. The Bertz CT molecular complexity index is 1050. The molecule has 1 amide bonds. The predicted molar refractivity (Wildman–Crippen MR) is 124 cm³/mol. The lowest BCUT2D eigenvalue weighted by atomic mass is 10.00. The zero-order valence-electron chi connectivity index (χ0n) is 18.1. The van der Waals surface area contributed by atoms with Gasteiger partial charge in [0.2, 0.25) is 0 Å². The highest BCUT2D eigenvalue weighted by Crippen LogP contribution is 2.19. The highest BCUT2D eigenvalue weighted by Gasteiger charge is 2.22. The average Bonchev–Trinajstić information content (AvgIpc) is 2.82. The van der Waals surface area contributed by atoms with Crippen LogP contribution in [0.4, 0.5) is 5.69 Å². The van der Waals surface area contributed by atoms with Crippen LogP contribution >= 0.6 is 0 Å². The molecule has 6 heteroatoms. The van der Waals surface area contributed by atoms with Gasteiger partial charge in [-0.2, -0.15) is 0 Å². The minimum atomic E-state index is -0.745. The van der Waals surface area contributed by atoms with Crippen LogP contribution in [0.2, 0.25) is 0 Å². The van der Waals surface area contributed by atoms with E-state index in [2.05, 4.69) is 5.32 Å². The van der Waals surface area contributed by atoms with Crippen molar-refractivity contribution in [1.29, 1.82) is 0 Å². The van der Waals surface area contributed by atoms with Gasteiger partial charge in [-0.05, 0) is 72.7 Å². The van der Waals surface area contributed by atoms with E-state index in [9.17, 15) is 14.7 Å². The van der Waals surface area contributed by atoms with Crippen LogP contribution < -0.4 is 11.1 Å². The summed E-state index contributed by atoms with van der Waals surface area (Å²) in [5.74, 6) is -0.601. The number of amides is 1. The molecule has 0 aliphatic rings. The first-order valence-electron chi connectivity index (χ1n) is 10.5. The summed E-state index contributed by atoms with van der Waals surface area (Å²) in [6, 6.07) is 21.2. The highest BCUT2D eigenvalue weighted by molar-refractivity contribution is 5.97. The second-order valence-corrected chi connectivity index (χ2v) is 7.65. The number of aromatic hydroxyl groups is 1. The molecule has 32 heavy (non-hydrogen) atoms. The largest absolute Gasteiger partial charge is 0.508 e. The second-order valence-electron chi connectivity index (χ2n) is 7.65. The summed E-state index contributed by atoms with van der Waals surface area (Å²) in [4.78, 5) is 25.1. The molecular weight excluding hydrogens is 404 g/mol. The van der Waals surface area contributed by atoms with Crippen molar-refractivity contribution >= 4 is 17.6 Å². The third-order valence-corrected chi connectivity index (χ3v) is 5.38. The van der Waals surface area contributed by atoms with Gasteiger partial charge in [-0.3, -0.25) is 4.79 Å². The third kappa shape index (κ3) is 6.35. The molecule has 0 fully saturated rings. The normalized spacial score (nSPS) is 11.5. The van der Waals surface area contributed by atoms with Gasteiger partial charge in [0.05, 0.1) is 7.11 Å². The number of hydrogen-bond donors (Lipinski definition) is 3. The molecule has 166 valence electrons. The van der Waals surface area contributed by atoms with E-state index >= 15 is 0 Å². The number of methoxy groups -OCH3 is 1. The Balaban J connectivity index is 1.67. The van der Waals surface area contributed by atoms with Crippen LogP contribution in [0.15, 0.2) is 72.8 Å². The first-order valence-corrected chi connectivity index (χ1v) is 10.5. The van der Waals surface area contributed by atoms with E-state index in [-0.39, 0.29) is 11.7 Å². The van der Waals surface area contributed by atoms with Crippen LogP contribution in [0.25, 0.3) is 0 Å². The van der Waals surface area contributed by atoms with Crippen LogP contribution in [0, 0.1) is 0 Å². The smallest absolute Gasteiger partial charge is 0.328 e. The summed E-state index contributed by atoms with van der Waals surface area (Å²) in [5, 5.41) is 12.2. The summed E-state index contributed by atoms with van der Waals surface area (Å²) in [5.41, 5.74) is 10.2. The number of benzene rings is 3. The summed E-state index contributed by atoms with van der Waals surface area (Å²) in [6.07, 6.45) is 2.44. The van der Waals surface area contributed by atoms with Crippen molar-refractivity contribution in [3.8, 4) is 5.75 Å². The van der Waals surface area contributed by atoms with E-state index in [1.165, 1.54) is 7.11 Å². The summed E-state index contributed by atoms with van der Waals surface area (Å²) in [7, 11) is 1.31. The van der Waals surface area contributed by atoms with Gasteiger partial charge in [-0.15, -0.1) is 0 Å². The molecule has 1 unspecified atom stereocenters. The van der Waals surface area contributed by atoms with E-state index in [4.69, 9.17) is 10.5 Å². The monoisotopic (exact) mass is 432 g/mol. The topological polar surface area (TPSA) is 102 Å².